The second kappa shape index (κ2) is 14.6. The van der Waals surface area contributed by atoms with Crippen molar-refractivity contribution in [2.45, 2.75) is 87.4 Å². The summed E-state index contributed by atoms with van der Waals surface area (Å²) in [5, 5.41) is 25.1. The number of aromatic nitrogens is 5. The number of carbonyl (C=O) groups is 1. The van der Waals surface area contributed by atoms with Crippen LogP contribution in [-0.2, 0) is 14.0 Å². The van der Waals surface area contributed by atoms with Crippen molar-refractivity contribution in [1.29, 1.82) is 0 Å². The summed E-state index contributed by atoms with van der Waals surface area (Å²) in [5.41, 5.74) is 1.59. The molecule has 1 saturated heterocycles. The van der Waals surface area contributed by atoms with Gasteiger partial charge in [-0.25, -0.2) is 28.2 Å². The number of aliphatic carboxylic acids is 1. The molecule has 3 aromatic carbocycles. The van der Waals surface area contributed by atoms with Crippen LogP contribution in [-0.4, -0.2) is 75.0 Å². The summed E-state index contributed by atoms with van der Waals surface area (Å²) in [5.74, 6) is -1.56. The molecule has 272 valence electrons. The Balaban J connectivity index is 1.23. The van der Waals surface area contributed by atoms with Gasteiger partial charge in [0.15, 0.2) is 39.9 Å². The van der Waals surface area contributed by atoms with Crippen molar-refractivity contribution in [2.75, 3.05) is 17.7 Å². The minimum atomic E-state index is -2.98. The number of fused-ring (bicyclic) bond motifs is 1. The van der Waals surface area contributed by atoms with Crippen molar-refractivity contribution >= 4 is 53.4 Å². The maximum Gasteiger partial charge on any atom is 0.332 e. The van der Waals surface area contributed by atoms with E-state index in [-0.39, 0.29) is 30.0 Å². The van der Waals surface area contributed by atoms with Crippen LogP contribution in [0.1, 0.15) is 64.5 Å². The zero-order valence-electron chi connectivity index (χ0n) is 29.5. The first-order valence-electron chi connectivity index (χ1n) is 17.6. The largest absolute Gasteiger partial charge is 0.479 e. The molecule has 0 amide bonds. The summed E-state index contributed by atoms with van der Waals surface area (Å²) >= 11 is 1.50. The maximum atomic E-state index is 14.0. The number of benzene rings is 3. The topological polar surface area (TPSA) is 124 Å². The van der Waals surface area contributed by atoms with E-state index in [1.165, 1.54) is 17.8 Å². The lowest BCUT2D eigenvalue weighted by atomic mass is 10.1. The summed E-state index contributed by atoms with van der Waals surface area (Å²) in [7, 11) is -2.98. The summed E-state index contributed by atoms with van der Waals surface area (Å²) in [6.45, 7) is 8.76. The van der Waals surface area contributed by atoms with Gasteiger partial charge >= 0.3 is 5.97 Å². The highest BCUT2D eigenvalue weighted by Crippen LogP contribution is 2.44. The quantitative estimate of drug-likeness (QED) is 0.0804. The Kier molecular flexibility index (Phi) is 10.2. The number of carboxylic acids is 1. The third kappa shape index (κ3) is 6.96. The minimum absolute atomic E-state index is 0.0236. The van der Waals surface area contributed by atoms with Gasteiger partial charge in [0, 0.05) is 24.1 Å². The molecule has 2 aliphatic rings. The first kappa shape index (κ1) is 36.1. The molecule has 0 unspecified atom stereocenters. The first-order valence-corrected chi connectivity index (χ1v) is 20.5. The van der Waals surface area contributed by atoms with Crippen molar-refractivity contribution in [2.24, 2.45) is 0 Å². The molecular weight excluding hydrogens is 703 g/mol. The van der Waals surface area contributed by atoms with E-state index in [9.17, 15) is 18.7 Å². The van der Waals surface area contributed by atoms with Gasteiger partial charge in [-0.3, -0.25) is 0 Å². The molecule has 10 nitrogen and oxygen atoms in total. The van der Waals surface area contributed by atoms with Crippen LogP contribution in [0.2, 0.25) is 5.04 Å². The van der Waals surface area contributed by atoms with Crippen LogP contribution >= 0.6 is 11.8 Å². The Morgan fingerprint density at radius 2 is 1.71 bits per heavy atom. The van der Waals surface area contributed by atoms with Gasteiger partial charge in [0.2, 0.25) is 0 Å². The Morgan fingerprint density at radius 3 is 2.33 bits per heavy atom. The van der Waals surface area contributed by atoms with E-state index in [1.807, 2.05) is 36.4 Å². The van der Waals surface area contributed by atoms with E-state index in [0.717, 1.165) is 28.6 Å². The zero-order chi connectivity index (χ0) is 36.6. The molecule has 5 atom stereocenters. The van der Waals surface area contributed by atoms with Gasteiger partial charge in [-0.1, -0.05) is 111 Å². The van der Waals surface area contributed by atoms with E-state index < -0.39 is 44.2 Å². The van der Waals surface area contributed by atoms with Crippen LogP contribution in [0.5, 0.6) is 0 Å². The number of nitrogens with one attached hydrogen (secondary N) is 1. The van der Waals surface area contributed by atoms with Crippen molar-refractivity contribution in [3.63, 3.8) is 0 Å². The lowest BCUT2D eigenvalue weighted by Crippen LogP contribution is -2.67. The summed E-state index contributed by atoms with van der Waals surface area (Å²) in [6.07, 6.45) is 0.0142. The fourth-order valence-electron chi connectivity index (χ4n) is 7.30. The molecule has 2 fully saturated rings. The SMILES string of the molecule is CCCSc1nc(N[C@@H]2C[C@H]2c2ccc(F)c(F)c2)c2nnn([C@@H]3C[C@H](C(=O)O)O[C@H]3CO[Si](c3ccccc3)(c3ccccc3)C(C)(C)C)c2n1. The monoisotopic (exact) mass is 744 g/mol. The molecule has 0 bridgehead atoms. The lowest BCUT2D eigenvalue weighted by molar-refractivity contribution is -0.150. The molecular formula is C38H42F2N6O4SSi. The second-order valence-corrected chi connectivity index (χ2v) is 19.8. The molecule has 2 aromatic heterocycles. The Hall–Kier alpha value is -4.24. The Labute approximate surface area is 306 Å². The number of halogens is 2. The highest BCUT2D eigenvalue weighted by atomic mass is 32.2. The molecule has 3 heterocycles. The predicted molar refractivity (Wildman–Crippen MR) is 199 cm³/mol. The highest BCUT2D eigenvalue weighted by molar-refractivity contribution is 7.99. The standard InChI is InChI=1S/C38H42F2N6O4SSi/c1-5-18-51-37-42-34(41-29-20-26(29)23-16-17-27(39)28(40)19-23)33-35(43-37)46(45-44-33)30-21-31(36(47)48)50-32(30)22-49-52(38(2,3)4,24-12-8-6-9-13-24)25-14-10-7-11-15-25/h6-17,19,26,29-32H,5,18,20-22H2,1-4H3,(H,47,48)(H,41,42,43)/t26-,29+,30+,31+,32-/m0/s1. The van der Waals surface area contributed by atoms with Crippen LogP contribution in [0.15, 0.2) is 84.0 Å². The van der Waals surface area contributed by atoms with Gasteiger partial charge in [-0.15, -0.1) is 5.10 Å². The molecule has 0 spiro atoms. The summed E-state index contributed by atoms with van der Waals surface area (Å²) < 4.78 is 42.8. The number of carboxylic acid groups (broad SMARTS) is 1. The number of rotatable bonds is 13. The lowest BCUT2D eigenvalue weighted by Gasteiger charge is -2.43. The average Bonchev–Trinajstić information content (AvgIpc) is 3.54. The van der Waals surface area contributed by atoms with Gasteiger partial charge in [-0.05, 0) is 45.9 Å². The average molecular weight is 745 g/mol. The van der Waals surface area contributed by atoms with Crippen LogP contribution < -0.4 is 15.7 Å². The fourth-order valence-corrected chi connectivity index (χ4v) is 12.6. The number of hydrogen-bond donors (Lipinski definition) is 2. The molecule has 7 rings (SSSR count). The first-order chi connectivity index (χ1) is 25.0. The van der Waals surface area contributed by atoms with Crippen molar-refractivity contribution < 1.29 is 27.8 Å². The molecule has 2 N–H and O–H groups in total. The van der Waals surface area contributed by atoms with Crippen LogP contribution in [0, 0.1) is 11.6 Å². The molecule has 1 saturated carbocycles. The van der Waals surface area contributed by atoms with Gasteiger partial charge < -0.3 is 19.6 Å². The summed E-state index contributed by atoms with van der Waals surface area (Å²) in [4.78, 5) is 22.1. The predicted octanol–water partition coefficient (Wildman–Crippen LogP) is 6.33. The van der Waals surface area contributed by atoms with Gasteiger partial charge in [0.25, 0.3) is 8.32 Å². The molecule has 52 heavy (non-hydrogen) atoms. The van der Waals surface area contributed by atoms with Crippen molar-refractivity contribution in [1.82, 2.24) is 25.0 Å². The van der Waals surface area contributed by atoms with Crippen LogP contribution in [0.3, 0.4) is 0 Å². The Morgan fingerprint density at radius 1 is 1.02 bits per heavy atom. The summed E-state index contributed by atoms with van der Waals surface area (Å²) in [6, 6.07) is 23.9. The number of anilines is 1. The van der Waals surface area contributed by atoms with E-state index in [1.54, 1.807) is 10.7 Å². The molecule has 1 aliphatic carbocycles. The smallest absolute Gasteiger partial charge is 0.332 e. The molecule has 1 aliphatic heterocycles. The van der Waals surface area contributed by atoms with Crippen LogP contribution in [0.25, 0.3) is 11.2 Å². The highest BCUT2D eigenvalue weighted by Gasteiger charge is 2.52. The Bertz CT molecular complexity index is 2010. The minimum Gasteiger partial charge on any atom is -0.479 e. The van der Waals surface area contributed by atoms with E-state index in [2.05, 4.69) is 67.6 Å². The number of hydrogen-bond acceptors (Lipinski definition) is 9. The van der Waals surface area contributed by atoms with Crippen LogP contribution in [0.4, 0.5) is 14.6 Å². The van der Waals surface area contributed by atoms with E-state index >= 15 is 0 Å². The fraction of sp³-hybridized carbons (Fsp3) is 0.395. The molecule has 14 heteroatoms. The van der Waals surface area contributed by atoms with Gasteiger partial charge in [0.1, 0.15) is 6.10 Å². The number of nitrogens with zero attached hydrogens (tertiary/aromatic N) is 5. The second-order valence-electron chi connectivity index (χ2n) is 14.5. The third-order valence-corrected chi connectivity index (χ3v) is 16.0. The third-order valence-electron chi connectivity index (χ3n) is 9.92. The zero-order valence-corrected chi connectivity index (χ0v) is 31.3. The number of ether oxygens (including phenoxy) is 1. The normalized spacial score (nSPS) is 21.8. The molecule has 0 radical (unpaired) electrons. The maximum absolute atomic E-state index is 14.0. The molecule has 5 aromatic rings. The van der Waals surface area contributed by atoms with Gasteiger partial charge in [-0.2, -0.15) is 0 Å². The van der Waals surface area contributed by atoms with Gasteiger partial charge in [0.05, 0.1) is 12.6 Å². The number of thioether (sulfide) groups is 1. The van der Waals surface area contributed by atoms with E-state index in [4.69, 9.17) is 19.1 Å². The van der Waals surface area contributed by atoms with Crippen molar-refractivity contribution in [3.8, 4) is 0 Å². The van der Waals surface area contributed by atoms with Crippen molar-refractivity contribution in [3.05, 3.63) is 96.1 Å². The van der Waals surface area contributed by atoms with E-state index in [0.29, 0.717) is 34.1 Å².